The molecule has 0 saturated heterocycles. The maximum absolute atomic E-state index is 13.0. The minimum atomic E-state index is -5.07. The maximum Gasteiger partial charge on any atom is 0.417 e. The van der Waals surface area contributed by atoms with Crippen LogP contribution in [-0.4, -0.2) is 26.6 Å². The van der Waals surface area contributed by atoms with Crippen LogP contribution < -0.4 is 0 Å². The van der Waals surface area contributed by atoms with Crippen molar-refractivity contribution in [3.8, 4) is 0 Å². The van der Waals surface area contributed by atoms with Crippen LogP contribution in [0.15, 0.2) is 27.5 Å². The predicted octanol–water partition coefficient (Wildman–Crippen LogP) is 2.30. The zero-order chi connectivity index (χ0) is 17.1. The SMILES string of the molecule is CC(C)OC(=O)c1cccc(C(F)(F)F)c1S(=O)(=O)N=C=O. The number of nitrogens with zero attached hydrogens (tertiary/aromatic N) is 1. The largest absolute Gasteiger partial charge is 0.459 e. The van der Waals surface area contributed by atoms with Crippen molar-refractivity contribution < 1.29 is 35.9 Å². The summed E-state index contributed by atoms with van der Waals surface area (Å²) < 4.78 is 69.5. The number of halogens is 3. The third-order valence-electron chi connectivity index (χ3n) is 2.30. The van der Waals surface area contributed by atoms with Crippen LogP contribution in [-0.2, 0) is 25.7 Å². The lowest BCUT2D eigenvalue weighted by Crippen LogP contribution is -2.19. The summed E-state index contributed by atoms with van der Waals surface area (Å²) in [6.07, 6.45) is -5.10. The van der Waals surface area contributed by atoms with Gasteiger partial charge in [0.25, 0.3) is 16.1 Å². The minimum absolute atomic E-state index is 0.458. The zero-order valence-electron chi connectivity index (χ0n) is 11.3. The number of isocyanates is 1. The number of alkyl halides is 3. The van der Waals surface area contributed by atoms with Gasteiger partial charge in [0.1, 0.15) is 4.90 Å². The van der Waals surface area contributed by atoms with E-state index in [1.807, 2.05) is 0 Å². The number of benzene rings is 1. The number of esters is 1. The van der Waals surface area contributed by atoms with Crippen LogP contribution in [0.5, 0.6) is 0 Å². The van der Waals surface area contributed by atoms with Gasteiger partial charge in [-0.05, 0) is 26.0 Å². The summed E-state index contributed by atoms with van der Waals surface area (Å²) in [5.74, 6) is -1.28. The Labute approximate surface area is 123 Å². The number of hydrogen-bond donors (Lipinski definition) is 0. The van der Waals surface area contributed by atoms with Gasteiger partial charge in [-0.2, -0.15) is 21.6 Å². The fourth-order valence-electron chi connectivity index (χ4n) is 1.57. The molecule has 6 nitrogen and oxygen atoms in total. The van der Waals surface area contributed by atoms with Gasteiger partial charge >= 0.3 is 12.1 Å². The van der Waals surface area contributed by atoms with E-state index in [0.29, 0.717) is 12.1 Å². The second-order valence-corrected chi connectivity index (χ2v) is 5.83. The Balaban J connectivity index is 3.73. The highest BCUT2D eigenvalue weighted by Gasteiger charge is 2.40. The zero-order valence-corrected chi connectivity index (χ0v) is 12.2. The summed E-state index contributed by atoms with van der Waals surface area (Å²) >= 11 is 0. The van der Waals surface area contributed by atoms with E-state index in [0.717, 1.165) is 12.1 Å². The predicted molar refractivity (Wildman–Crippen MR) is 67.3 cm³/mol. The summed E-state index contributed by atoms with van der Waals surface area (Å²) in [5, 5.41) is 0. The van der Waals surface area contributed by atoms with E-state index in [-0.39, 0.29) is 0 Å². The van der Waals surface area contributed by atoms with Crippen molar-refractivity contribution in [3.05, 3.63) is 29.3 Å². The van der Waals surface area contributed by atoms with E-state index in [2.05, 4.69) is 4.40 Å². The molecule has 0 heterocycles. The second-order valence-electron chi connectivity index (χ2n) is 4.29. The monoisotopic (exact) mass is 337 g/mol. The Kier molecular flexibility index (Phi) is 5.10. The second kappa shape index (κ2) is 6.29. The van der Waals surface area contributed by atoms with Crippen LogP contribution in [0.1, 0.15) is 29.8 Å². The molecule has 1 aromatic rings. The topological polar surface area (TPSA) is 89.9 Å². The number of rotatable bonds is 4. The van der Waals surface area contributed by atoms with Crippen LogP contribution in [0.25, 0.3) is 0 Å². The van der Waals surface area contributed by atoms with Gasteiger partial charge in [0, 0.05) is 0 Å². The van der Waals surface area contributed by atoms with Gasteiger partial charge in [0.2, 0.25) is 0 Å². The molecule has 0 aromatic heterocycles. The molecule has 0 aliphatic rings. The molecule has 0 aliphatic carbocycles. The number of ether oxygens (including phenoxy) is 1. The van der Waals surface area contributed by atoms with Gasteiger partial charge in [-0.1, -0.05) is 10.5 Å². The number of hydrogen-bond acceptors (Lipinski definition) is 5. The van der Waals surface area contributed by atoms with E-state index < -0.39 is 44.3 Å². The normalized spacial score (nSPS) is 11.9. The van der Waals surface area contributed by atoms with Gasteiger partial charge < -0.3 is 4.74 Å². The van der Waals surface area contributed by atoms with Gasteiger partial charge in [-0.3, -0.25) is 0 Å². The number of carbonyl (C=O) groups excluding carboxylic acids is 2. The summed E-state index contributed by atoms with van der Waals surface area (Å²) in [4.78, 5) is 20.5. The van der Waals surface area contributed by atoms with E-state index in [1.165, 1.54) is 13.8 Å². The first-order valence-electron chi connectivity index (χ1n) is 5.76. The third-order valence-corrected chi connectivity index (χ3v) is 3.57. The highest BCUT2D eigenvalue weighted by molar-refractivity contribution is 7.90. The summed E-state index contributed by atoms with van der Waals surface area (Å²) in [7, 11) is -5.06. The Morgan fingerprint density at radius 3 is 2.36 bits per heavy atom. The molecule has 1 aromatic carbocycles. The molecule has 10 heteroatoms. The molecule has 0 unspecified atom stereocenters. The Bertz CT molecular complexity index is 734. The van der Waals surface area contributed by atoms with Gasteiger partial charge in [-0.25, -0.2) is 9.59 Å². The van der Waals surface area contributed by atoms with Crippen molar-refractivity contribution in [2.24, 2.45) is 4.40 Å². The van der Waals surface area contributed by atoms with Crippen LogP contribution in [0.3, 0.4) is 0 Å². The van der Waals surface area contributed by atoms with Gasteiger partial charge in [0.15, 0.2) is 0 Å². The summed E-state index contributed by atoms with van der Waals surface area (Å²) in [6.45, 7) is 2.87. The average Bonchev–Trinajstić information content (AvgIpc) is 2.36. The van der Waals surface area contributed by atoms with E-state index >= 15 is 0 Å². The van der Waals surface area contributed by atoms with Crippen molar-refractivity contribution in [2.75, 3.05) is 0 Å². The lowest BCUT2D eigenvalue weighted by Gasteiger charge is -2.15. The first-order valence-corrected chi connectivity index (χ1v) is 7.20. The fourth-order valence-corrected chi connectivity index (χ4v) is 2.65. The minimum Gasteiger partial charge on any atom is -0.459 e. The molecule has 0 fully saturated rings. The molecular weight excluding hydrogens is 327 g/mol. The molecule has 0 bridgehead atoms. The van der Waals surface area contributed by atoms with Crippen molar-refractivity contribution in [1.82, 2.24) is 0 Å². The van der Waals surface area contributed by atoms with E-state index in [9.17, 15) is 31.2 Å². The molecular formula is C12H10F3NO5S. The number of sulfonamides is 1. The Morgan fingerprint density at radius 2 is 1.91 bits per heavy atom. The fraction of sp³-hybridized carbons (Fsp3) is 0.333. The highest BCUT2D eigenvalue weighted by Crippen LogP contribution is 2.36. The molecule has 0 N–H and O–H groups in total. The summed E-state index contributed by atoms with van der Waals surface area (Å²) in [5.41, 5.74) is -2.48. The molecule has 0 amide bonds. The molecule has 0 atom stereocenters. The van der Waals surface area contributed by atoms with E-state index in [4.69, 9.17) is 4.74 Å². The number of carbonyl (C=O) groups is 1. The smallest absolute Gasteiger partial charge is 0.417 e. The lowest BCUT2D eigenvalue weighted by atomic mass is 10.1. The van der Waals surface area contributed by atoms with Gasteiger partial charge in [-0.15, -0.1) is 0 Å². The van der Waals surface area contributed by atoms with Crippen LogP contribution in [0.2, 0.25) is 0 Å². The lowest BCUT2D eigenvalue weighted by molar-refractivity contribution is -0.139. The molecule has 0 aliphatic heterocycles. The summed E-state index contributed by atoms with van der Waals surface area (Å²) in [6, 6.07) is 2.15. The molecule has 22 heavy (non-hydrogen) atoms. The molecule has 0 radical (unpaired) electrons. The Morgan fingerprint density at radius 1 is 1.32 bits per heavy atom. The van der Waals surface area contributed by atoms with Crippen molar-refractivity contribution in [3.63, 3.8) is 0 Å². The van der Waals surface area contributed by atoms with Crippen molar-refractivity contribution in [2.45, 2.75) is 31.0 Å². The first kappa shape index (κ1) is 17.9. The average molecular weight is 337 g/mol. The molecule has 1 rings (SSSR count). The first-order chi connectivity index (χ1) is 10.0. The van der Waals surface area contributed by atoms with E-state index in [1.54, 1.807) is 0 Å². The van der Waals surface area contributed by atoms with Crippen molar-refractivity contribution >= 4 is 22.1 Å². The van der Waals surface area contributed by atoms with Crippen molar-refractivity contribution in [1.29, 1.82) is 0 Å². The molecule has 120 valence electrons. The third kappa shape index (κ3) is 3.92. The van der Waals surface area contributed by atoms with Crippen LogP contribution >= 0.6 is 0 Å². The van der Waals surface area contributed by atoms with Gasteiger partial charge in [0.05, 0.1) is 17.2 Å². The maximum atomic E-state index is 13.0. The molecule has 0 spiro atoms. The highest BCUT2D eigenvalue weighted by atomic mass is 32.2. The molecule has 0 saturated carbocycles. The Hall–Kier alpha value is -2.19. The standard InChI is InChI=1S/C12H10F3NO5S/c1-7(2)21-11(18)8-4-3-5-9(12(13,14)15)10(8)22(19,20)16-6-17/h3-5,7H,1-2H3. The van der Waals surface area contributed by atoms with Crippen LogP contribution in [0.4, 0.5) is 13.2 Å². The quantitative estimate of drug-likeness (QED) is 0.478. The van der Waals surface area contributed by atoms with Crippen LogP contribution in [0, 0.1) is 0 Å².